The Morgan fingerprint density at radius 2 is 1.30 bits per heavy atom. The molecule has 40 heavy (non-hydrogen) atoms. The van der Waals surface area contributed by atoms with E-state index in [0.29, 0.717) is 11.1 Å². The molecular weight excluding hydrogens is 561 g/mol. The van der Waals surface area contributed by atoms with E-state index >= 15 is 0 Å². The van der Waals surface area contributed by atoms with Crippen molar-refractivity contribution in [1.82, 2.24) is 9.80 Å². The van der Waals surface area contributed by atoms with E-state index in [2.05, 4.69) is 105 Å². The number of hydrogen-bond acceptors (Lipinski definition) is 5. The van der Waals surface area contributed by atoms with Crippen LogP contribution in [0.5, 0.6) is 0 Å². The Kier molecular flexibility index (Phi) is 5.39. The fourth-order valence-electron chi connectivity index (χ4n) is 7.19. The van der Waals surface area contributed by atoms with Crippen molar-refractivity contribution in [3.05, 3.63) is 116 Å². The predicted molar refractivity (Wildman–Crippen MR) is 161 cm³/mol. The van der Waals surface area contributed by atoms with Gasteiger partial charge in [0.25, 0.3) is 0 Å². The molecule has 0 saturated heterocycles. The number of nitrogens with zero attached hydrogens (tertiary/aromatic N) is 3. The van der Waals surface area contributed by atoms with E-state index in [4.69, 9.17) is 0 Å². The Morgan fingerprint density at radius 3 is 1.95 bits per heavy atom. The quantitative estimate of drug-likeness (QED) is 0.127. The number of allylic oxidation sites excluding steroid dienone is 1. The first kappa shape index (κ1) is 25.4. The summed E-state index contributed by atoms with van der Waals surface area (Å²) < 4.78 is 2.28. The topological polar surface area (TPSA) is 43.9 Å². The summed E-state index contributed by atoms with van der Waals surface area (Å²) in [6.07, 6.45) is 1.87. The van der Waals surface area contributed by atoms with Crippen LogP contribution < -0.4 is 4.90 Å². The molecule has 4 aromatic rings. The van der Waals surface area contributed by atoms with E-state index in [1.807, 2.05) is 18.2 Å². The third kappa shape index (κ3) is 3.05. The molecular formula is C34H31N3O2Se. The van der Waals surface area contributed by atoms with Crippen LogP contribution in [0.3, 0.4) is 0 Å². The molecule has 7 rings (SSSR count). The summed E-state index contributed by atoms with van der Waals surface area (Å²) in [5, 5.41) is 0. The molecule has 0 bridgehead atoms. The maximum absolute atomic E-state index is 13.3. The van der Waals surface area contributed by atoms with Crippen LogP contribution in [-0.2, 0) is 11.1 Å². The fourth-order valence-corrected chi connectivity index (χ4v) is 9.64. The summed E-state index contributed by atoms with van der Waals surface area (Å²) in [4.78, 5) is 33.7. The molecule has 0 N–H and O–H groups in total. The second kappa shape index (κ2) is 8.48. The normalized spacial score (nSPS) is 17.6. The Balaban J connectivity index is 1.53. The van der Waals surface area contributed by atoms with Crippen molar-refractivity contribution >= 4 is 48.1 Å². The summed E-state index contributed by atoms with van der Waals surface area (Å²) in [5.41, 5.74) is 8.08. The summed E-state index contributed by atoms with van der Waals surface area (Å²) in [6.45, 7) is 4.64. The van der Waals surface area contributed by atoms with Gasteiger partial charge in [0, 0.05) is 0 Å². The van der Waals surface area contributed by atoms with Gasteiger partial charge in [0.2, 0.25) is 0 Å². The van der Waals surface area contributed by atoms with Gasteiger partial charge in [-0.2, -0.15) is 0 Å². The third-order valence-electron chi connectivity index (χ3n) is 8.92. The Hall–Kier alpha value is -3.54. The van der Waals surface area contributed by atoms with Crippen LogP contribution in [0.4, 0.5) is 15.9 Å². The van der Waals surface area contributed by atoms with Crippen molar-refractivity contribution in [3.8, 4) is 0 Å². The molecule has 0 fully saturated rings. The minimum absolute atomic E-state index is 0.131. The molecule has 1 aliphatic carbocycles. The molecule has 0 saturated carbocycles. The number of fused-ring (bicyclic) bond motifs is 5. The van der Waals surface area contributed by atoms with Crippen LogP contribution in [0, 0.1) is 0 Å². The van der Waals surface area contributed by atoms with Crippen molar-refractivity contribution < 1.29 is 9.59 Å². The van der Waals surface area contributed by atoms with Crippen LogP contribution in [0.25, 0.3) is 6.08 Å². The van der Waals surface area contributed by atoms with Crippen molar-refractivity contribution in [2.45, 2.75) is 24.9 Å². The molecule has 6 heteroatoms. The van der Waals surface area contributed by atoms with Gasteiger partial charge in [-0.3, -0.25) is 0 Å². The van der Waals surface area contributed by atoms with Crippen LogP contribution in [0.15, 0.2) is 78.4 Å². The Morgan fingerprint density at radius 1 is 0.725 bits per heavy atom. The number of hydrogen-bond donors (Lipinski definition) is 0. The van der Waals surface area contributed by atoms with E-state index in [1.54, 1.807) is 12.1 Å². The Labute approximate surface area is 241 Å². The molecule has 0 atom stereocenters. The number of anilines is 3. The van der Waals surface area contributed by atoms with Crippen LogP contribution in [0.2, 0.25) is 0 Å². The number of Topliss-reactive ketones (excluding diaryl/α,β-unsaturated/α-hetero) is 2. The molecule has 3 heterocycles. The predicted octanol–water partition coefficient (Wildman–Crippen LogP) is 5.95. The zero-order valence-corrected chi connectivity index (χ0v) is 25.3. The number of carbonyl (C=O) groups excluding carboxylic acids is 2. The van der Waals surface area contributed by atoms with Gasteiger partial charge in [-0.15, -0.1) is 0 Å². The van der Waals surface area contributed by atoms with Crippen molar-refractivity contribution in [3.63, 3.8) is 0 Å². The van der Waals surface area contributed by atoms with Gasteiger partial charge in [0.05, 0.1) is 0 Å². The average molecular weight is 593 g/mol. The summed E-state index contributed by atoms with van der Waals surface area (Å²) in [6, 6.07) is 24.8. The van der Waals surface area contributed by atoms with Gasteiger partial charge in [-0.05, 0) is 0 Å². The van der Waals surface area contributed by atoms with E-state index in [0.717, 1.165) is 4.44 Å². The molecule has 3 aliphatic rings. The van der Waals surface area contributed by atoms with Crippen LogP contribution in [-0.4, -0.2) is 64.1 Å². The van der Waals surface area contributed by atoms with Crippen LogP contribution >= 0.6 is 0 Å². The molecule has 0 spiro atoms. The summed E-state index contributed by atoms with van der Waals surface area (Å²) >= 11 is -0.131. The number of benzene rings is 3. The van der Waals surface area contributed by atoms with Gasteiger partial charge in [-0.25, -0.2) is 0 Å². The summed E-state index contributed by atoms with van der Waals surface area (Å²) in [7, 11) is 8.55. The molecule has 3 aromatic carbocycles. The third-order valence-corrected chi connectivity index (χ3v) is 11.2. The molecule has 2 aliphatic heterocycles. The number of carbonyl (C=O) groups is 2. The number of rotatable bonds is 3. The molecule has 5 nitrogen and oxygen atoms in total. The van der Waals surface area contributed by atoms with Gasteiger partial charge in [0.1, 0.15) is 0 Å². The average Bonchev–Trinajstić information content (AvgIpc) is 3.45. The second-order valence-electron chi connectivity index (χ2n) is 11.8. The van der Waals surface area contributed by atoms with Gasteiger partial charge in [0.15, 0.2) is 0 Å². The molecule has 0 amide bonds. The first-order valence-electron chi connectivity index (χ1n) is 13.5. The maximum atomic E-state index is 13.3. The molecule has 200 valence electrons. The molecule has 0 unspecified atom stereocenters. The van der Waals surface area contributed by atoms with E-state index in [-0.39, 0.29) is 37.1 Å². The van der Waals surface area contributed by atoms with Gasteiger partial charge >= 0.3 is 242 Å². The van der Waals surface area contributed by atoms with E-state index in [1.165, 1.54) is 38.2 Å². The van der Waals surface area contributed by atoms with E-state index in [9.17, 15) is 9.59 Å². The van der Waals surface area contributed by atoms with Crippen LogP contribution in [0.1, 0.15) is 61.3 Å². The van der Waals surface area contributed by atoms with Gasteiger partial charge in [-0.1, -0.05) is 0 Å². The Bertz CT molecular complexity index is 1750. The van der Waals surface area contributed by atoms with Crippen molar-refractivity contribution in [2.75, 3.05) is 33.1 Å². The zero-order chi connectivity index (χ0) is 28.1. The van der Waals surface area contributed by atoms with Crippen molar-refractivity contribution in [2.24, 2.45) is 0 Å². The second-order valence-corrected chi connectivity index (χ2v) is 14.0. The van der Waals surface area contributed by atoms with E-state index < -0.39 is 5.66 Å². The zero-order valence-electron chi connectivity index (χ0n) is 23.6. The molecule has 1 aromatic heterocycles. The first-order chi connectivity index (χ1) is 19.1. The fraction of sp³-hybridized carbons (Fsp3) is 0.235. The summed E-state index contributed by atoms with van der Waals surface area (Å²) in [5.74, 6) is -0.353. The first-order valence-corrected chi connectivity index (χ1v) is 15.2. The monoisotopic (exact) mass is 593 g/mol. The van der Waals surface area contributed by atoms with Crippen molar-refractivity contribution in [1.29, 1.82) is 0 Å². The standard InChI is InChI=1S/C34H31N3O2Se/c1-33(2)24-14-9-10-17-28(24)37-29-25(33)15-11-16-26(29)34(35(3)4,36(5)6)27-19-20(40-32(27)37)18-23-30(38)21-12-7-8-13-22(21)31(23)39/h7-19H,1-6H3. The number of ketones is 2. The molecule has 0 radical (unpaired) electrons. The SMILES string of the molecule is CN(C)C1(N(C)C)c2cc(C=C3C(=O)c4ccccc4C3=O)[se]c2N2c3ccccc3C(C)(C)c3cccc1c32. The van der Waals surface area contributed by atoms with Gasteiger partial charge < -0.3 is 0 Å². The number of para-hydroxylation sites is 2. The minimum atomic E-state index is -0.520.